The number of aryl methyl sites for hydroxylation is 1. The van der Waals surface area contributed by atoms with Crippen LogP contribution >= 0.6 is 0 Å². The van der Waals surface area contributed by atoms with Crippen molar-refractivity contribution in [2.75, 3.05) is 0 Å². The minimum Gasteiger partial charge on any atom is -0.479 e. The molecule has 0 unspecified atom stereocenters. The Hall–Kier alpha value is -2.23. The monoisotopic (exact) mass is 256 g/mol. The first kappa shape index (κ1) is 11.8. The standard InChI is InChI=1S/C15H16N2O2/c1-9-7-10(14(16)18)13-11(8-9)17-6-4-5-12(17)15(2,3)19-13/h4-8H,1-3H3,(H2,16,18). The predicted molar refractivity (Wildman–Crippen MR) is 72.7 cm³/mol. The molecule has 1 amide bonds. The summed E-state index contributed by atoms with van der Waals surface area (Å²) in [5.41, 5.74) is 8.31. The lowest BCUT2D eigenvalue weighted by atomic mass is 10.00. The zero-order valence-corrected chi connectivity index (χ0v) is 11.2. The van der Waals surface area contributed by atoms with Gasteiger partial charge in [-0.1, -0.05) is 0 Å². The van der Waals surface area contributed by atoms with Crippen LogP contribution in [0.4, 0.5) is 0 Å². The van der Waals surface area contributed by atoms with E-state index in [1.165, 1.54) is 0 Å². The van der Waals surface area contributed by atoms with Gasteiger partial charge in [-0.2, -0.15) is 0 Å². The molecule has 0 radical (unpaired) electrons. The molecule has 3 rings (SSSR count). The molecular weight excluding hydrogens is 240 g/mol. The van der Waals surface area contributed by atoms with E-state index >= 15 is 0 Å². The molecule has 98 valence electrons. The molecule has 2 aromatic rings. The van der Waals surface area contributed by atoms with Gasteiger partial charge < -0.3 is 15.0 Å². The second kappa shape index (κ2) is 3.63. The summed E-state index contributed by atoms with van der Waals surface area (Å²) in [7, 11) is 0. The van der Waals surface area contributed by atoms with Gasteiger partial charge in [0, 0.05) is 6.20 Å². The van der Waals surface area contributed by atoms with E-state index in [1.807, 2.05) is 45.2 Å². The van der Waals surface area contributed by atoms with Crippen LogP contribution in [0.2, 0.25) is 0 Å². The van der Waals surface area contributed by atoms with Crippen molar-refractivity contribution < 1.29 is 9.53 Å². The van der Waals surface area contributed by atoms with Gasteiger partial charge in [0.25, 0.3) is 5.91 Å². The summed E-state index contributed by atoms with van der Waals surface area (Å²) in [6, 6.07) is 7.77. The van der Waals surface area contributed by atoms with Crippen LogP contribution in [0.25, 0.3) is 5.69 Å². The summed E-state index contributed by atoms with van der Waals surface area (Å²) in [6.07, 6.45) is 1.97. The molecule has 2 N–H and O–H groups in total. The Morgan fingerprint density at radius 3 is 2.79 bits per heavy atom. The number of carbonyl (C=O) groups is 1. The van der Waals surface area contributed by atoms with Crippen LogP contribution in [-0.4, -0.2) is 10.5 Å². The van der Waals surface area contributed by atoms with Gasteiger partial charge in [-0.05, 0) is 50.6 Å². The van der Waals surface area contributed by atoms with Crippen molar-refractivity contribution in [3.63, 3.8) is 0 Å². The van der Waals surface area contributed by atoms with E-state index in [9.17, 15) is 4.79 Å². The van der Waals surface area contributed by atoms with Gasteiger partial charge in [0.15, 0.2) is 5.75 Å². The van der Waals surface area contributed by atoms with Crippen LogP contribution in [0.1, 0.15) is 35.5 Å². The molecule has 0 atom stereocenters. The Morgan fingerprint density at radius 2 is 2.11 bits per heavy atom. The van der Waals surface area contributed by atoms with Crippen molar-refractivity contribution >= 4 is 5.91 Å². The lowest BCUT2D eigenvalue weighted by Gasteiger charge is -2.35. The highest BCUT2D eigenvalue weighted by atomic mass is 16.5. The maximum atomic E-state index is 11.6. The lowest BCUT2D eigenvalue weighted by Crippen LogP contribution is -2.33. The third-order valence-corrected chi connectivity index (χ3v) is 3.46. The molecule has 1 aromatic carbocycles. The van der Waals surface area contributed by atoms with E-state index < -0.39 is 11.5 Å². The normalized spacial score (nSPS) is 15.3. The highest BCUT2D eigenvalue weighted by Crippen LogP contribution is 2.41. The minimum absolute atomic E-state index is 0.433. The minimum atomic E-state index is -0.490. The summed E-state index contributed by atoms with van der Waals surface area (Å²) in [5.74, 6) is 0.0955. The fourth-order valence-electron chi connectivity index (χ4n) is 2.61. The molecule has 1 aliphatic rings. The first-order valence-corrected chi connectivity index (χ1v) is 6.22. The van der Waals surface area contributed by atoms with Crippen LogP contribution < -0.4 is 10.5 Å². The summed E-state index contributed by atoms with van der Waals surface area (Å²) in [6.45, 7) is 5.90. The third kappa shape index (κ3) is 1.63. The van der Waals surface area contributed by atoms with Gasteiger partial charge >= 0.3 is 0 Å². The van der Waals surface area contributed by atoms with Crippen molar-refractivity contribution in [2.24, 2.45) is 5.73 Å². The topological polar surface area (TPSA) is 57.2 Å². The van der Waals surface area contributed by atoms with Gasteiger partial charge in [-0.3, -0.25) is 4.79 Å². The van der Waals surface area contributed by atoms with Crippen LogP contribution in [0.15, 0.2) is 30.5 Å². The molecule has 0 fully saturated rings. The lowest BCUT2D eigenvalue weighted by molar-refractivity contribution is 0.0865. The predicted octanol–water partition coefficient (Wildman–Crippen LogP) is 2.51. The van der Waals surface area contributed by atoms with E-state index in [2.05, 4.69) is 4.57 Å². The number of carbonyl (C=O) groups excluding carboxylic acids is 1. The number of amides is 1. The number of hydrogen-bond donors (Lipinski definition) is 1. The van der Waals surface area contributed by atoms with Gasteiger partial charge in [0.1, 0.15) is 5.60 Å². The number of nitrogens with zero attached hydrogens (tertiary/aromatic N) is 1. The largest absolute Gasteiger partial charge is 0.479 e. The van der Waals surface area contributed by atoms with E-state index in [-0.39, 0.29) is 0 Å². The molecule has 0 saturated carbocycles. The average molecular weight is 256 g/mol. The number of rotatable bonds is 1. The van der Waals surface area contributed by atoms with Crippen LogP contribution in [0.5, 0.6) is 5.75 Å². The summed E-state index contributed by atoms with van der Waals surface area (Å²) >= 11 is 0. The van der Waals surface area contributed by atoms with Gasteiger partial charge in [0.2, 0.25) is 0 Å². The summed E-state index contributed by atoms with van der Waals surface area (Å²) in [4.78, 5) is 11.6. The fourth-order valence-corrected chi connectivity index (χ4v) is 2.61. The molecule has 4 heteroatoms. The van der Waals surface area contributed by atoms with E-state index in [4.69, 9.17) is 10.5 Å². The van der Waals surface area contributed by atoms with Crippen LogP contribution in [-0.2, 0) is 5.60 Å². The number of ether oxygens (including phenoxy) is 1. The Morgan fingerprint density at radius 1 is 1.37 bits per heavy atom. The first-order valence-electron chi connectivity index (χ1n) is 6.22. The maximum Gasteiger partial charge on any atom is 0.252 e. The van der Waals surface area contributed by atoms with Gasteiger partial charge in [-0.25, -0.2) is 0 Å². The molecule has 1 aromatic heterocycles. The highest BCUT2D eigenvalue weighted by Gasteiger charge is 2.34. The molecule has 1 aliphatic heterocycles. The number of benzene rings is 1. The first-order chi connectivity index (χ1) is 8.90. The highest BCUT2D eigenvalue weighted by molar-refractivity contribution is 5.97. The number of aromatic nitrogens is 1. The van der Waals surface area contributed by atoms with Crippen molar-refractivity contribution in [3.05, 3.63) is 47.3 Å². The van der Waals surface area contributed by atoms with Crippen LogP contribution in [0.3, 0.4) is 0 Å². The molecule has 4 nitrogen and oxygen atoms in total. The van der Waals surface area contributed by atoms with Gasteiger partial charge in [0.05, 0.1) is 16.9 Å². The number of fused-ring (bicyclic) bond motifs is 3. The summed E-state index contributed by atoms with van der Waals surface area (Å²) < 4.78 is 8.08. The number of primary amides is 1. The molecule has 0 spiro atoms. The van der Waals surface area contributed by atoms with Crippen molar-refractivity contribution in [1.29, 1.82) is 0 Å². The van der Waals surface area contributed by atoms with Crippen molar-refractivity contribution in [1.82, 2.24) is 4.57 Å². The average Bonchev–Trinajstić information content (AvgIpc) is 2.79. The quantitative estimate of drug-likeness (QED) is 0.852. The number of hydrogen-bond acceptors (Lipinski definition) is 2. The Balaban J connectivity index is 2.36. The van der Waals surface area contributed by atoms with Gasteiger partial charge in [-0.15, -0.1) is 0 Å². The third-order valence-electron chi connectivity index (χ3n) is 3.46. The van der Waals surface area contributed by atoms with E-state index in [0.717, 1.165) is 16.9 Å². The maximum absolute atomic E-state index is 11.6. The van der Waals surface area contributed by atoms with Crippen LogP contribution in [0, 0.1) is 6.92 Å². The SMILES string of the molecule is Cc1cc(C(N)=O)c2c(c1)-n1cccc1C(C)(C)O2. The number of nitrogens with two attached hydrogens (primary N) is 1. The van der Waals surface area contributed by atoms with E-state index in [0.29, 0.717) is 11.3 Å². The molecule has 0 saturated heterocycles. The molecule has 19 heavy (non-hydrogen) atoms. The second-order valence-electron chi connectivity index (χ2n) is 5.40. The molecule has 2 heterocycles. The van der Waals surface area contributed by atoms with Crippen molar-refractivity contribution in [3.8, 4) is 11.4 Å². The fraction of sp³-hybridized carbons (Fsp3) is 0.267. The zero-order valence-electron chi connectivity index (χ0n) is 11.2. The second-order valence-corrected chi connectivity index (χ2v) is 5.40. The molecule has 0 aliphatic carbocycles. The zero-order chi connectivity index (χ0) is 13.8. The Bertz CT molecular complexity index is 683. The summed E-state index contributed by atoms with van der Waals surface area (Å²) in [5, 5.41) is 0. The van der Waals surface area contributed by atoms with E-state index in [1.54, 1.807) is 6.07 Å². The molecule has 0 bridgehead atoms. The van der Waals surface area contributed by atoms with Crippen molar-refractivity contribution in [2.45, 2.75) is 26.4 Å². The smallest absolute Gasteiger partial charge is 0.252 e. The Kier molecular flexibility index (Phi) is 2.26. The Labute approximate surface area is 111 Å². The molecular formula is C15H16N2O2.